The van der Waals surface area contributed by atoms with Crippen LogP contribution in [0.2, 0.25) is 0 Å². The number of hydrogen-bond donors (Lipinski definition) is 3. The first-order valence-electron chi connectivity index (χ1n) is 12.4. The summed E-state index contributed by atoms with van der Waals surface area (Å²) >= 11 is 0. The fraction of sp³-hybridized carbons (Fsp3) is 0.538. The molecule has 0 aliphatic heterocycles. The van der Waals surface area contributed by atoms with Crippen LogP contribution in [0.4, 0.5) is 5.82 Å². The van der Waals surface area contributed by atoms with Crippen LogP contribution < -0.4 is 10.6 Å². The van der Waals surface area contributed by atoms with Crippen molar-refractivity contribution in [3.05, 3.63) is 30.1 Å². The lowest BCUT2D eigenvalue weighted by Crippen LogP contribution is -2.27. The van der Waals surface area contributed by atoms with E-state index in [-0.39, 0.29) is 18.4 Å². The number of carbonyl (C=O) groups is 2. The van der Waals surface area contributed by atoms with Gasteiger partial charge < -0.3 is 25.0 Å². The zero-order chi connectivity index (χ0) is 25.4. The van der Waals surface area contributed by atoms with Crippen molar-refractivity contribution in [2.75, 3.05) is 18.5 Å². The molecule has 35 heavy (non-hydrogen) atoms. The molecule has 2 aromatic heterocycles. The number of unbranched alkanes of at least 4 members (excludes halogenated alkanes) is 2. The number of aromatic nitrogens is 3. The number of rotatable bonds is 13. The molecule has 2 heterocycles. The molecule has 0 radical (unpaired) electrons. The summed E-state index contributed by atoms with van der Waals surface area (Å²) in [4.78, 5) is 33.6. The Hall–Kier alpha value is -3.04. The summed E-state index contributed by atoms with van der Waals surface area (Å²) in [7, 11) is 0. The minimum atomic E-state index is -0.973. The summed E-state index contributed by atoms with van der Waals surface area (Å²) in [6, 6.07) is 7.72. The van der Waals surface area contributed by atoms with E-state index in [1.54, 1.807) is 13.8 Å². The van der Waals surface area contributed by atoms with E-state index in [9.17, 15) is 14.7 Å². The van der Waals surface area contributed by atoms with E-state index >= 15 is 0 Å². The number of para-hydroxylation sites is 1. The highest BCUT2D eigenvalue weighted by Gasteiger charge is 2.23. The standard InChI is InChI=1S/C26H37N5O4/c1-5-21(32)27-15-11-7-8-14-22(33)30-25-23-24(18-12-9-10-13-19(18)28-25)31(17-26(3,4)34)20(29-23)16-35-6-2/h9-10,12-13,34H,5-8,11,14-17H2,1-4H3,(H,27,32)(H,28,30,33). The average molecular weight is 484 g/mol. The van der Waals surface area contributed by atoms with Crippen molar-refractivity contribution in [3.63, 3.8) is 0 Å². The largest absolute Gasteiger partial charge is 0.389 e. The molecule has 3 rings (SSSR count). The lowest BCUT2D eigenvalue weighted by atomic mass is 10.1. The summed E-state index contributed by atoms with van der Waals surface area (Å²) in [5, 5.41) is 17.3. The van der Waals surface area contributed by atoms with E-state index in [4.69, 9.17) is 14.7 Å². The summed E-state index contributed by atoms with van der Waals surface area (Å²) in [5.41, 5.74) is 1.16. The Morgan fingerprint density at radius 2 is 1.86 bits per heavy atom. The minimum Gasteiger partial charge on any atom is -0.389 e. The Kier molecular flexibility index (Phi) is 9.17. The van der Waals surface area contributed by atoms with Crippen molar-refractivity contribution >= 4 is 39.6 Å². The first-order chi connectivity index (χ1) is 16.7. The number of hydrogen-bond acceptors (Lipinski definition) is 6. The van der Waals surface area contributed by atoms with E-state index < -0.39 is 5.60 Å². The zero-order valence-electron chi connectivity index (χ0n) is 21.2. The number of imidazole rings is 1. The fourth-order valence-corrected chi connectivity index (χ4v) is 3.96. The van der Waals surface area contributed by atoms with Crippen LogP contribution in [0.3, 0.4) is 0 Å². The minimum absolute atomic E-state index is 0.0434. The monoisotopic (exact) mass is 483 g/mol. The Morgan fingerprint density at radius 1 is 1.09 bits per heavy atom. The number of nitrogens with one attached hydrogen (secondary N) is 2. The second-order valence-corrected chi connectivity index (χ2v) is 9.30. The maximum atomic E-state index is 12.8. The SMILES string of the molecule is CCOCc1nc2c(NC(=O)CCCCCNC(=O)CC)nc3ccccc3c2n1CC(C)(C)O. The lowest BCUT2D eigenvalue weighted by Gasteiger charge is -2.20. The normalized spacial score (nSPS) is 11.8. The number of pyridine rings is 1. The van der Waals surface area contributed by atoms with Gasteiger partial charge in [-0.3, -0.25) is 9.59 Å². The van der Waals surface area contributed by atoms with Gasteiger partial charge in [0.05, 0.1) is 23.2 Å². The summed E-state index contributed by atoms with van der Waals surface area (Å²) in [6.07, 6.45) is 3.23. The molecule has 0 atom stereocenters. The molecule has 0 saturated heterocycles. The van der Waals surface area contributed by atoms with E-state index in [0.717, 1.165) is 29.3 Å². The molecular weight excluding hydrogens is 446 g/mol. The van der Waals surface area contributed by atoms with Gasteiger partial charge in [-0.15, -0.1) is 0 Å². The molecule has 2 amide bonds. The van der Waals surface area contributed by atoms with Gasteiger partial charge in [0.15, 0.2) is 5.82 Å². The van der Waals surface area contributed by atoms with E-state index in [1.165, 1.54) is 0 Å². The van der Waals surface area contributed by atoms with E-state index in [1.807, 2.05) is 42.7 Å². The molecule has 3 aromatic rings. The Labute approximate surface area is 206 Å². The molecule has 0 bridgehead atoms. The summed E-state index contributed by atoms with van der Waals surface area (Å²) in [5.74, 6) is 0.995. The number of carbonyl (C=O) groups excluding carboxylic acids is 2. The summed E-state index contributed by atoms with van der Waals surface area (Å²) in [6.45, 7) is 9.03. The molecule has 1 aromatic carbocycles. The first kappa shape index (κ1) is 26.6. The van der Waals surface area contributed by atoms with Gasteiger partial charge in [0.25, 0.3) is 0 Å². The molecule has 0 saturated carbocycles. The van der Waals surface area contributed by atoms with Crippen molar-refractivity contribution in [1.82, 2.24) is 19.9 Å². The highest BCUT2D eigenvalue weighted by Crippen LogP contribution is 2.31. The smallest absolute Gasteiger partial charge is 0.225 e. The molecule has 0 unspecified atom stereocenters. The molecule has 0 fully saturated rings. The van der Waals surface area contributed by atoms with Gasteiger partial charge in [0.1, 0.15) is 17.9 Å². The van der Waals surface area contributed by atoms with Crippen molar-refractivity contribution in [1.29, 1.82) is 0 Å². The Morgan fingerprint density at radius 3 is 2.57 bits per heavy atom. The van der Waals surface area contributed by atoms with Crippen LogP contribution in [0.25, 0.3) is 21.9 Å². The van der Waals surface area contributed by atoms with Crippen molar-refractivity contribution in [2.45, 2.75) is 78.6 Å². The Balaban J connectivity index is 1.85. The highest BCUT2D eigenvalue weighted by molar-refractivity contribution is 6.09. The molecule has 0 spiro atoms. The van der Waals surface area contributed by atoms with Gasteiger partial charge in [-0.05, 0) is 39.7 Å². The topological polar surface area (TPSA) is 118 Å². The van der Waals surface area contributed by atoms with Crippen LogP contribution in [-0.2, 0) is 27.5 Å². The number of anilines is 1. The van der Waals surface area contributed by atoms with Gasteiger partial charge in [-0.2, -0.15) is 0 Å². The van der Waals surface area contributed by atoms with Crippen LogP contribution in [0, 0.1) is 0 Å². The van der Waals surface area contributed by atoms with Crippen LogP contribution in [0.15, 0.2) is 24.3 Å². The van der Waals surface area contributed by atoms with Gasteiger partial charge >= 0.3 is 0 Å². The number of benzene rings is 1. The molecular formula is C26H37N5O4. The molecule has 0 aliphatic carbocycles. The second kappa shape index (κ2) is 12.1. The molecule has 9 heteroatoms. The highest BCUT2D eigenvalue weighted by atomic mass is 16.5. The number of amides is 2. The lowest BCUT2D eigenvalue weighted by molar-refractivity contribution is -0.121. The predicted molar refractivity (Wildman–Crippen MR) is 137 cm³/mol. The Bertz CT molecular complexity index is 1170. The van der Waals surface area contributed by atoms with Crippen LogP contribution >= 0.6 is 0 Å². The third-order valence-corrected chi connectivity index (χ3v) is 5.62. The van der Waals surface area contributed by atoms with E-state index in [2.05, 4.69) is 10.6 Å². The molecule has 3 N–H and O–H groups in total. The zero-order valence-corrected chi connectivity index (χ0v) is 21.2. The van der Waals surface area contributed by atoms with Gasteiger partial charge in [-0.1, -0.05) is 31.5 Å². The van der Waals surface area contributed by atoms with Crippen molar-refractivity contribution < 1.29 is 19.4 Å². The predicted octanol–water partition coefficient (Wildman–Crippen LogP) is 3.92. The van der Waals surface area contributed by atoms with Gasteiger partial charge in [-0.25, -0.2) is 9.97 Å². The maximum Gasteiger partial charge on any atom is 0.225 e. The number of nitrogens with zero attached hydrogens (tertiary/aromatic N) is 3. The third kappa shape index (κ3) is 7.22. The molecule has 0 aliphatic rings. The summed E-state index contributed by atoms with van der Waals surface area (Å²) < 4.78 is 7.61. The van der Waals surface area contributed by atoms with Gasteiger partial charge in [0, 0.05) is 31.4 Å². The quantitative estimate of drug-likeness (QED) is 0.317. The molecule has 190 valence electrons. The first-order valence-corrected chi connectivity index (χ1v) is 12.4. The van der Waals surface area contributed by atoms with E-state index in [0.29, 0.717) is 56.1 Å². The molecule has 9 nitrogen and oxygen atoms in total. The maximum absolute atomic E-state index is 12.8. The van der Waals surface area contributed by atoms with Crippen molar-refractivity contribution in [2.24, 2.45) is 0 Å². The van der Waals surface area contributed by atoms with Gasteiger partial charge in [0.2, 0.25) is 11.8 Å². The average Bonchev–Trinajstić information content (AvgIpc) is 3.16. The number of aliphatic hydroxyl groups is 1. The fourth-order valence-electron chi connectivity index (χ4n) is 3.96. The van der Waals surface area contributed by atoms with Crippen molar-refractivity contribution in [3.8, 4) is 0 Å². The third-order valence-electron chi connectivity index (χ3n) is 5.62. The van der Waals surface area contributed by atoms with Crippen LogP contribution in [0.5, 0.6) is 0 Å². The second-order valence-electron chi connectivity index (χ2n) is 9.30. The number of ether oxygens (including phenoxy) is 1. The van der Waals surface area contributed by atoms with Crippen LogP contribution in [-0.4, -0.2) is 50.2 Å². The van der Waals surface area contributed by atoms with Crippen LogP contribution in [0.1, 0.15) is 65.6 Å². The number of fused-ring (bicyclic) bond motifs is 3.